The van der Waals surface area contributed by atoms with Gasteiger partial charge in [-0.15, -0.1) is 0 Å². The zero-order chi connectivity index (χ0) is 14.4. The molecule has 7 heteroatoms. The lowest BCUT2D eigenvalue weighted by atomic mass is 10.2. The van der Waals surface area contributed by atoms with Gasteiger partial charge >= 0.3 is 0 Å². The Morgan fingerprint density at radius 3 is 2.76 bits per heavy atom. The largest absolute Gasteiger partial charge is 0.454 e. The number of carbonyl (C=O) groups is 1. The van der Waals surface area contributed by atoms with Gasteiger partial charge in [-0.3, -0.25) is 4.79 Å². The van der Waals surface area contributed by atoms with Crippen LogP contribution in [0.3, 0.4) is 0 Å². The minimum atomic E-state index is -0.365. The number of hydrogen-bond donors (Lipinski definition) is 2. The number of ether oxygens (including phenoxy) is 2. The lowest BCUT2D eigenvalue weighted by molar-refractivity contribution is 0.101. The molecular formula is C14H13N3O4. The van der Waals surface area contributed by atoms with Crippen molar-refractivity contribution in [3.05, 3.63) is 29.7 Å². The van der Waals surface area contributed by atoms with Gasteiger partial charge in [0.25, 0.3) is 5.91 Å². The van der Waals surface area contributed by atoms with E-state index in [4.69, 9.17) is 19.7 Å². The SMILES string of the molecule is Nc1cc2c(cc1NC(=O)c1cc(C3CC3)on1)OCO2. The Labute approximate surface area is 120 Å². The van der Waals surface area contributed by atoms with Gasteiger partial charge < -0.3 is 25.0 Å². The van der Waals surface area contributed by atoms with Crippen LogP contribution in [0.4, 0.5) is 11.4 Å². The Kier molecular flexibility index (Phi) is 2.53. The first-order valence-electron chi connectivity index (χ1n) is 6.68. The van der Waals surface area contributed by atoms with Crippen molar-refractivity contribution in [2.24, 2.45) is 0 Å². The summed E-state index contributed by atoms with van der Waals surface area (Å²) in [6.45, 7) is 0.153. The Morgan fingerprint density at radius 1 is 1.24 bits per heavy atom. The summed E-state index contributed by atoms with van der Waals surface area (Å²) in [4.78, 5) is 12.2. The molecule has 4 rings (SSSR count). The maximum absolute atomic E-state index is 12.2. The second kappa shape index (κ2) is 4.41. The molecule has 21 heavy (non-hydrogen) atoms. The number of rotatable bonds is 3. The Balaban J connectivity index is 1.55. The molecule has 1 aliphatic heterocycles. The third-order valence-electron chi connectivity index (χ3n) is 3.53. The predicted molar refractivity (Wildman–Crippen MR) is 73.4 cm³/mol. The molecule has 108 valence electrons. The molecule has 0 atom stereocenters. The Morgan fingerprint density at radius 2 is 2.00 bits per heavy atom. The van der Waals surface area contributed by atoms with Crippen LogP contribution in [0.2, 0.25) is 0 Å². The molecule has 0 radical (unpaired) electrons. The summed E-state index contributed by atoms with van der Waals surface area (Å²) in [5.41, 5.74) is 6.99. The third kappa shape index (κ3) is 2.16. The van der Waals surface area contributed by atoms with Crippen molar-refractivity contribution in [1.29, 1.82) is 0 Å². The number of amides is 1. The number of benzene rings is 1. The van der Waals surface area contributed by atoms with Crippen LogP contribution in [0.15, 0.2) is 22.7 Å². The van der Waals surface area contributed by atoms with E-state index in [1.807, 2.05) is 0 Å². The average molecular weight is 287 g/mol. The van der Waals surface area contributed by atoms with Crippen LogP contribution in [-0.4, -0.2) is 17.9 Å². The van der Waals surface area contributed by atoms with E-state index in [1.165, 1.54) is 0 Å². The van der Waals surface area contributed by atoms with Crippen molar-refractivity contribution < 1.29 is 18.8 Å². The van der Waals surface area contributed by atoms with Crippen molar-refractivity contribution in [1.82, 2.24) is 5.16 Å². The van der Waals surface area contributed by atoms with Gasteiger partial charge in [0.2, 0.25) is 6.79 Å². The smallest absolute Gasteiger partial charge is 0.277 e. The van der Waals surface area contributed by atoms with Crippen LogP contribution in [0, 0.1) is 0 Å². The summed E-state index contributed by atoms with van der Waals surface area (Å²) in [5.74, 6) is 1.94. The number of aromatic nitrogens is 1. The van der Waals surface area contributed by atoms with Crippen molar-refractivity contribution in [3.8, 4) is 11.5 Å². The van der Waals surface area contributed by atoms with E-state index in [9.17, 15) is 4.79 Å². The van der Waals surface area contributed by atoms with E-state index in [0.717, 1.165) is 18.6 Å². The number of carbonyl (C=O) groups excluding carboxylic acids is 1. The maximum Gasteiger partial charge on any atom is 0.277 e. The van der Waals surface area contributed by atoms with Crippen molar-refractivity contribution >= 4 is 17.3 Å². The van der Waals surface area contributed by atoms with E-state index < -0.39 is 0 Å². The van der Waals surface area contributed by atoms with Gasteiger partial charge in [-0.05, 0) is 12.8 Å². The molecule has 1 fully saturated rings. The lowest BCUT2D eigenvalue weighted by Gasteiger charge is -2.07. The molecule has 0 saturated heterocycles. The van der Waals surface area contributed by atoms with Crippen LogP contribution in [0.1, 0.15) is 35.0 Å². The van der Waals surface area contributed by atoms with E-state index in [-0.39, 0.29) is 18.4 Å². The molecule has 1 aromatic carbocycles. The molecule has 2 heterocycles. The highest BCUT2D eigenvalue weighted by atomic mass is 16.7. The summed E-state index contributed by atoms with van der Waals surface area (Å²) in [6.07, 6.45) is 2.18. The molecule has 0 spiro atoms. The van der Waals surface area contributed by atoms with Gasteiger partial charge in [0.1, 0.15) is 5.76 Å². The van der Waals surface area contributed by atoms with Crippen LogP contribution in [0.5, 0.6) is 11.5 Å². The summed E-state index contributed by atoms with van der Waals surface area (Å²) in [7, 11) is 0. The predicted octanol–water partition coefficient (Wildman–Crippen LogP) is 2.12. The molecule has 1 amide bonds. The van der Waals surface area contributed by atoms with Gasteiger partial charge in [0.15, 0.2) is 17.2 Å². The second-order valence-electron chi connectivity index (χ2n) is 5.14. The highest BCUT2D eigenvalue weighted by Crippen LogP contribution is 2.40. The van der Waals surface area contributed by atoms with Gasteiger partial charge in [0, 0.05) is 24.1 Å². The monoisotopic (exact) mass is 287 g/mol. The first kappa shape index (κ1) is 12.1. The van der Waals surface area contributed by atoms with Gasteiger partial charge in [0.05, 0.1) is 11.4 Å². The number of nitrogens with one attached hydrogen (secondary N) is 1. The highest BCUT2D eigenvalue weighted by Gasteiger charge is 2.29. The standard InChI is InChI=1S/C14H13N3O4/c15-8-3-12-13(20-6-19-12)4-9(8)16-14(18)10-5-11(21-17-10)7-1-2-7/h3-5,7H,1-2,6,15H2,(H,16,18). The first-order valence-corrected chi connectivity index (χ1v) is 6.68. The van der Waals surface area contributed by atoms with E-state index in [0.29, 0.717) is 28.8 Å². The molecular weight excluding hydrogens is 274 g/mol. The number of nitrogen functional groups attached to an aromatic ring is 1. The van der Waals surface area contributed by atoms with Crippen molar-refractivity contribution in [2.75, 3.05) is 17.8 Å². The number of nitrogens with zero attached hydrogens (tertiary/aromatic N) is 1. The van der Waals surface area contributed by atoms with Crippen molar-refractivity contribution in [2.45, 2.75) is 18.8 Å². The Hall–Kier alpha value is -2.70. The normalized spacial score (nSPS) is 16.0. The maximum atomic E-state index is 12.2. The fourth-order valence-corrected chi connectivity index (χ4v) is 2.21. The van der Waals surface area contributed by atoms with Crippen LogP contribution in [0.25, 0.3) is 0 Å². The molecule has 1 aromatic heterocycles. The quantitative estimate of drug-likeness (QED) is 0.839. The summed E-state index contributed by atoms with van der Waals surface area (Å²) < 4.78 is 15.6. The molecule has 7 nitrogen and oxygen atoms in total. The molecule has 0 bridgehead atoms. The number of anilines is 2. The van der Waals surface area contributed by atoms with Crippen LogP contribution >= 0.6 is 0 Å². The molecule has 1 aliphatic carbocycles. The fourth-order valence-electron chi connectivity index (χ4n) is 2.21. The zero-order valence-corrected chi connectivity index (χ0v) is 11.1. The summed E-state index contributed by atoms with van der Waals surface area (Å²) in [6, 6.07) is 4.93. The third-order valence-corrected chi connectivity index (χ3v) is 3.53. The highest BCUT2D eigenvalue weighted by molar-refractivity contribution is 6.04. The van der Waals surface area contributed by atoms with Crippen LogP contribution < -0.4 is 20.5 Å². The van der Waals surface area contributed by atoms with Crippen molar-refractivity contribution in [3.63, 3.8) is 0 Å². The zero-order valence-electron chi connectivity index (χ0n) is 11.1. The van der Waals surface area contributed by atoms with Crippen LogP contribution in [-0.2, 0) is 0 Å². The first-order chi connectivity index (χ1) is 10.2. The minimum Gasteiger partial charge on any atom is -0.454 e. The number of hydrogen-bond acceptors (Lipinski definition) is 6. The van der Waals surface area contributed by atoms with Gasteiger partial charge in [-0.2, -0.15) is 0 Å². The van der Waals surface area contributed by atoms with Gasteiger partial charge in [-0.1, -0.05) is 5.16 Å². The number of fused-ring (bicyclic) bond motifs is 1. The molecule has 0 unspecified atom stereocenters. The van der Waals surface area contributed by atoms with E-state index >= 15 is 0 Å². The lowest BCUT2D eigenvalue weighted by Crippen LogP contribution is -2.13. The topological polar surface area (TPSA) is 99.6 Å². The van der Waals surface area contributed by atoms with Gasteiger partial charge in [-0.25, -0.2) is 0 Å². The van der Waals surface area contributed by atoms with E-state index in [1.54, 1.807) is 18.2 Å². The molecule has 3 N–H and O–H groups in total. The molecule has 1 saturated carbocycles. The average Bonchev–Trinajstić information content (AvgIpc) is 3.02. The summed E-state index contributed by atoms with van der Waals surface area (Å²) in [5, 5.41) is 6.50. The fraction of sp³-hybridized carbons (Fsp3) is 0.286. The van der Waals surface area contributed by atoms with E-state index in [2.05, 4.69) is 10.5 Å². The second-order valence-corrected chi connectivity index (χ2v) is 5.14. The number of nitrogens with two attached hydrogens (primary N) is 1. The summed E-state index contributed by atoms with van der Waals surface area (Å²) >= 11 is 0. The minimum absolute atomic E-state index is 0.153. The Bertz CT molecular complexity index is 721. The molecule has 2 aliphatic rings. The molecule has 2 aromatic rings.